The second kappa shape index (κ2) is 7.42. The highest BCUT2D eigenvalue weighted by Gasteiger charge is 2.11. The van der Waals surface area contributed by atoms with Crippen LogP contribution in [-0.4, -0.2) is 26.7 Å². The molecule has 0 radical (unpaired) electrons. The standard InChI is InChI=1S/C16H12FN5S3/c17-10-3-4-13-12(8-10)14(20-9-19-13)24-16-22-21-15(25-16)18-6-5-11-2-1-7-23-11/h1-4,7-9H,5-6H2,(H,18,21). The van der Waals surface area contributed by atoms with E-state index in [2.05, 4.69) is 43.0 Å². The molecule has 4 rings (SSSR count). The molecule has 0 atom stereocenters. The monoisotopic (exact) mass is 389 g/mol. The second-order valence-electron chi connectivity index (χ2n) is 5.07. The molecule has 3 aromatic heterocycles. The summed E-state index contributed by atoms with van der Waals surface area (Å²) in [6, 6.07) is 8.65. The van der Waals surface area contributed by atoms with E-state index < -0.39 is 0 Å². The maximum absolute atomic E-state index is 13.5. The van der Waals surface area contributed by atoms with Gasteiger partial charge in [-0.2, -0.15) is 0 Å². The fraction of sp³-hybridized carbons (Fsp3) is 0.125. The van der Waals surface area contributed by atoms with Crippen molar-refractivity contribution >= 4 is 50.5 Å². The Labute approximate surface area is 155 Å². The van der Waals surface area contributed by atoms with Crippen LogP contribution in [0.3, 0.4) is 0 Å². The number of nitrogens with zero attached hydrogens (tertiary/aromatic N) is 4. The normalized spacial score (nSPS) is 11.1. The van der Waals surface area contributed by atoms with Gasteiger partial charge in [-0.15, -0.1) is 21.5 Å². The zero-order valence-electron chi connectivity index (χ0n) is 12.8. The Hall–Kier alpha value is -2.10. The minimum atomic E-state index is -0.308. The second-order valence-corrected chi connectivity index (χ2v) is 8.32. The molecule has 0 aliphatic rings. The van der Waals surface area contributed by atoms with Crippen LogP contribution < -0.4 is 5.32 Å². The molecule has 0 saturated carbocycles. The van der Waals surface area contributed by atoms with Crippen LogP contribution in [0.4, 0.5) is 9.52 Å². The number of anilines is 1. The lowest BCUT2D eigenvalue weighted by Gasteiger charge is -2.02. The first-order valence-electron chi connectivity index (χ1n) is 7.46. The Bertz CT molecular complexity index is 987. The van der Waals surface area contributed by atoms with Gasteiger partial charge in [-0.05, 0) is 47.8 Å². The van der Waals surface area contributed by atoms with Gasteiger partial charge in [0.2, 0.25) is 5.13 Å². The highest BCUT2D eigenvalue weighted by Crippen LogP contribution is 2.34. The van der Waals surface area contributed by atoms with Crippen molar-refractivity contribution < 1.29 is 4.39 Å². The number of aromatic nitrogens is 4. The Morgan fingerprint density at radius 3 is 3.00 bits per heavy atom. The Kier molecular flexibility index (Phi) is 4.86. The van der Waals surface area contributed by atoms with E-state index >= 15 is 0 Å². The lowest BCUT2D eigenvalue weighted by Crippen LogP contribution is -2.03. The Morgan fingerprint density at radius 2 is 2.12 bits per heavy atom. The predicted molar refractivity (Wildman–Crippen MR) is 100 cm³/mol. The van der Waals surface area contributed by atoms with Crippen LogP contribution >= 0.6 is 34.4 Å². The smallest absolute Gasteiger partial charge is 0.206 e. The summed E-state index contributed by atoms with van der Waals surface area (Å²) in [6.07, 6.45) is 2.43. The predicted octanol–water partition coefficient (Wildman–Crippen LogP) is 4.49. The first kappa shape index (κ1) is 16.4. The lowest BCUT2D eigenvalue weighted by atomic mass is 10.2. The Morgan fingerprint density at radius 1 is 1.16 bits per heavy atom. The van der Waals surface area contributed by atoms with Gasteiger partial charge < -0.3 is 5.32 Å². The van der Waals surface area contributed by atoms with E-state index in [0.717, 1.165) is 22.4 Å². The maximum Gasteiger partial charge on any atom is 0.206 e. The molecule has 1 aromatic carbocycles. The molecule has 0 fully saturated rings. The zero-order valence-corrected chi connectivity index (χ0v) is 15.3. The first-order valence-corrected chi connectivity index (χ1v) is 9.97. The largest absolute Gasteiger partial charge is 0.360 e. The van der Waals surface area contributed by atoms with Crippen LogP contribution in [0.1, 0.15) is 4.88 Å². The molecule has 0 spiro atoms. The van der Waals surface area contributed by atoms with Crippen molar-refractivity contribution in [2.24, 2.45) is 0 Å². The van der Waals surface area contributed by atoms with Gasteiger partial charge in [0.05, 0.1) is 5.52 Å². The zero-order chi connectivity index (χ0) is 17.1. The van der Waals surface area contributed by atoms with E-state index in [4.69, 9.17) is 0 Å². The number of nitrogens with one attached hydrogen (secondary N) is 1. The number of fused-ring (bicyclic) bond motifs is 1. The van der Waals surface area contributed by atoms with Gasteiger partial charge in [0.1, 0.15) is 17.2 Å². The summed E-state index contributed by atoms with van der Waals surface area (Å²) in [5, 5.41) is 15.8. The van der Waals surface area contributed by atoms with Crippen molar-refractivity contribution in [1.82, 2.24) is 20.2 Å². The Balaban J connectivity index is 1.45. The number of halogens is 1. The van der Waals surface area contributed by atoms with E-state index in [0.29, 0.717) is 15.9 Å². The molecule has 25 heavy (non-hydrogen) atoms. The molecule has 1 N–H and O–H groups in total. The topological polar surface area (TPSA) is 63.6 Å². The van der Waals surface area contributed by atoms with Crippen molar-refractivity contribution in [1.29, 1.82) is 0 Å². The molecular weight excluding hydrogens is 377 g/mol. The summed E-state index contributed by atoms with van der Waals surface area (Å²) in [6.45, 7) is 0.807. The third-order valence-corrected chi connectivity index (χ3v) is 6.27. The third kappa shape index (κ3) is 3.94. The average molecular weight is 390 g/mol. The van der Waals surface area contributed by atoms with Crippen LogP contribution in [0.5, 0.6) is 0 Å². The molecular formula is C16H12FN5S3. The van der Waals surface area contributed by atoms with Crippen molar-refractivity contribution in [2.45, 2.75) is 15.8 Å². The number of hydrogen-bond acceptors (Lipinski definition) is 8. The van der Waals surface area contributed by atoms with Crippen molar-refractivity contribution in [3.05, 3.63) is 52.7 Å². The molecule has 0 aliphatic carbocycles. The van der Waals surface area contributed by atoms with Crippen LogP contribution in [0.2, 0.25) is 0 Å². The van der Waals surface area contributed by atoms with E-state index in [9.17, 15) is 4.39 Å². The van der Waals surface area contributed by atoms with E-state index in [-0.39, 0.29) is 5.82 Å². The van der Waals surface area contributed by atoms with Crippen LogP contribution in [0.15, 0.2) is 51.4 Å². The molecule has 0 unspecified atom stereocenters. The van der Waals surface area contributed by atoms with Gasteiger partial charge in [0, 0.05) is 16.8 Å². The van der Waals surface area contributed by atoms with Gasteiger partial charge in [0.25, 0.3) is 0 Å². The van der Waals surface area contributed by atoms with E-state index in [1.165, 1.54) is 46.4 Å². The SMILES string of the molecule is Fc1ccc2ncnc(Sc3nnc(NCCc4cccs4)s3)c2c1. The fourth-order valence-electron chi connectivity index (χ4n) is 2.24. The molecule has 0 aliphatic heterocycles. The molecule has 0 amide bonds. The van der Waals surface area contributed by atoms with Gasteiger partial charge in [-0.3, -0.25) is 0 Å². The fourth-order valence-corrected chi connectivity index (χ4v) is 4.71. The molecule has 3 heterocycles. The van der Waals surface area contributed by atoms with E-state index in [1.807, 2.05) is 0 Å². The summed E-state index contributed by atoms with van der Waals surface area (Å²) in [4.78, 5) is 9.75. The molecule has 126 valence electrons. The quantitative estimate of drug-likeness (QED) is 0.490. The highest BCUT2D eigenvalue weighted by atomic mass is 32.2. The van der Waals surface area contributed by atoms with Gasteiger partial charge in [-0.1, -0.05) is 17.4 Å². The molecule has 0 bridgehead atoms. The van der Waals surface area contributed by atoms with Crippen molar-refractivity contribution in [2.75, 3.05) is 11.9 Å². The summed E-state index contributed by atoms with van der Waals surface area (Å²) in [7, 11) is 0. The number of benzene rings is 1. The minimum absolute atomic E-state index is 0.308. The van der Waals surface area contributed by atoms with E-state index in [1.54, 1.807) is 17.4 Å². The molecule has 5 nitrogen and oxygen atoms in total. The number of hydrogen-bond donors (Lipinski definition) is 1. The van der Waals surface area contributed by atoms with Gasteiger partial charge in [-0.25, -0.2) is 14.4 Å². The molecule has 0 saturated heterocycles. The summed E-state index contributed by atoms with van der Waals surface area (Å²) < 4.78 is 14.3. The van der Waals surface area contributed by atoms with Crippen LogP contribution in [-0.2, 0) is 6.42 Å². The number of rotatable bonds is 6. The van der Waals surface area contributed by atoms with Crippen LogP contribution in [0, 0.1) is 5.82 Å². The lowest BCUT2D eigenvalue weighted by molar-refractivity contribution is 0.629. The maximum atomic E-state index is 13.5. The van der Waals surface area contributed by atoms with Crippen molar-refractivity contribution in [3.63, 3.8) is 0 Å². The summed E-state index contributed by atoms with van der Waals surface area (Å²) in [5.41, 5.74) is 0.706. The first-order chi connectivity index (χ1) is 12.3. The van der Waals surface area contributed by atoms with Crippen LogP contribution in [0.25, 0.3) is 10.9 Å². The van der Waals surface area contributed by atoms with Crippen molar-refractivity contribution in [3.8, 4) is 0 Å². The molecule has 4 aromatic rings. The summed E-state index contributed by atoms with van der Waals surface area (Å²) >= 11 is 4.57. The average Bonchev–Trinajstić information content (AvgIpc) is 3.28. The highest BCUT2D eigenvalue weighted by molar-refractivity contribution is 8.01. The van der Waals surface area contributed by atoms with Gasteiger partial charge >= 0.3 is 0 Å². The summed E-state index contributed by atoms with van der Waals surface area (Å²) in [5.74, 6) is -0.308. The third-order valence-electron chi connectivity index (χ3n) is 3.38. The van der Waals surface area contributed by atoms with Gasteiger partial charge in [0.15, 0.2) is 4.34 Å². The minimum Gasteiger partial charge on any atom is -0.360 e. The molecule has 9 heteroatoms. The number of thiophene rings is 1.